The molecule has 0 radical (unpaired) electrons. The van der Waals surface area contributed by atoms with E-state index < -0.39 is 5.97 Å². The molecule has 0 aliphatic rings. The van der Waals surface area contributed by atoms with E-state index in [9.17, 15) is 4.79 Å². The summed E-state index contributed by atoms with van der Waals surface area (Å²) >= 11 is 0. The number of para-hydroxylation sites is 1. The second-order valence-electron chi connectivity index (χ2n) is 3.01. The Balaban J connectivity index is 2.59. The normalized spacial score (nSPS) is 10.1. The minimum absolute atomic E-state index is 0.0983. The fourth-order valence-electron chi connectivity index (χ4n) is 1.37. The molecule has 2 aromatic rings. The van der Waals surface area contributed by atoms with Crippen molar-refractivity contribution in [2.45, 2.75) is 0 Å². The molecule has 0 unspecified atom stereocenters. The monoisotopic (exact) mass is 203 g/mol. The van der Waals surface area contributed by atoms with Crippen molar-refractivity contribution >= 4 is 11.7 Å². The molecule has 5 nitrogen and oxygen atoms in total. The fourth-order valence-corrected chi connectivity index (χ4v) is 1.37. The van der Waals surface area contributed by atoms with Crippen LogP contribution in [0.3, 0.4) is 0 Å². The average molecular weight is 203 g/mol. The van der Waals surface area contributed by atoms with Crippen molar-refractivity contribution in [1.82, 2.24) is 9.55 Å². The SMILES string of the molecule is Nc1c(C(=O)O)cccc1-n1ccnc1. The molecule has 0 bridgehead atoms. The van der Waals surface area contributed by atoms with Crippen molar-refractivity contribution in [1.29, 1.82) is 0 Å². The van der Waals surface area contributed by atoms with Gasteiger partial charge in [0.2, 0.25) is 0 Å². The molecule has 0 atom stereocenters. The maximum atomic E-state index is 10.8. The second-order valence-corrected chi connectivity index (χ2v) is 3.01. The Morgan fingerprint density at radius 1 is 1.47 bits per heavy atom. The lowest BCUT2D eigenvalue weighted by atomic mass is 10.1. The lowest BCUT2D eigenvalue weighted by Gasteiger charge is -2.08. The zero-order chi connectivity index (χ0) is 10.8. The maximum absolute atomic E-state index is 10.8. The number of imidazole rings is 1. The summed E-state index contributed by atoms with van der Waals surface area (Å²) in [6.45, 7) is 0. The van der Waals surface area contributed by atoms with Crippen LogP contribution in [0.5, 0.6) is 0 Å². The molecule has 0 saturated heterocycles. The van der Waals surface area contributed by atoms with Crippen LogP contribution in [0.15, 0.2) is 36.9 Å². The summed E-state index contributed by atoms with van der Waals surface area (Å²) in [6.07, 6.45) is 4.88. The Morgan fingerprint density at radius 3 is 2.87 bits per heavy atom. The summed E-state index contributed by atoms with van der Waals surface area (Å²) in [5.41, 5.74) is 6.70. The van der Waals surface area contributed by atoms with Gasteiger partial charge in [-0.2, -0.15) is 0 Å². The first-order chi connectivity index (χ1) is 7.20. The highest BCUT2D eigenvalue weighted by Gasteiger charge is 2.11. The molecule has 76 valence electrons. The van der Waals surface area contributed by atoms with Gasteiger partial charge in [0.25, 0.3) is 0 Å². The van der Waals surface area contributed by atoms with E-state index in [0.717, 1.165) is 0 Å². The molecule has 0 fully saturated rings. The number of nitrogen functional groups attached to an aromatic ring is 1. The molecule has 1 heterocycles. The van der Waals surface area contributed by atoms with E-state index in [4.69, 9.17) is 10.8 Å². The van der Waals surface area contributed by atoms with Gasteiger partial charge in [-0.25, -0.2) is 9.78 Å². The van der Waals surface area contributed by atoms with E-state index in [0.29, 0.717) is 5.69 Å². The van der Waals surface area contributed by atoms with Gasteiger partial charge in [0, 0.05) is 12.4 Å². The van der Waals surface area contributed by atoms with Crippen LogP contribution in [0.4, 0.5) is 5.69 Å². The molecule has 1 aromatic carbocycles. The number of nitrogens with zero attached hydrogens (tertiary/aromatic N) is 2. The molecule has 0 amide bonds. The average Bonchev–Trinajstić information content (AvgIpc) is 2.70. The molecule has 3 N–H and O–H groups in total. The largest absolute Gasteiger partial charge is 0.478 e. The molecule has 15 heavy (non-hydrogen) atoms. The lowest BCUT2D eigenvalue weighted by Crippen LogP contribution is -2.06. The molecule has 2 rings (SSSR count). The van der Waals surface area contributed by atoms with Gasteiger partial charge in [-0.3, -0.25) is 0 Å². The number of anilines is 1. The van der Waals surface area contributed by atoms with Gasteiger partial charge < -0.3 is 15.4 Å². The van der Waals surface area contributed by atoms with Crippen LogP contribution < -0.4 is 5.73 Å². The summed E-state index contributed by atoms with van der Waals surface area (Å²) in [5, 5.41) is 8.88. The van der Waals surface area contributed by atoms with Crippen LogP contribution in [0.25, 0.3) is 5.69 Å². The molecule has 0 saturated carbocycles. The summed E-state index contributed by atoms with van der Waals surface area (Å²) in [7, 11) is 0. The van der Waals surface area contributed by atoms with Gasteiger partial charge in [0.05, 0.1) is 23.3 Å². The number of hydrogen-bond acceptors (Lipinski definition) is 3. The minimum Gasteiger partial charge on any atom is -0.478 e. The van der Waals surface area contributed by atoms with Gasteiger partial charge in [0.15, 0.2) is 0 Å². The Bertz CT molecular complexity index is 491. The van der Waals surface area contributed by atoms with Crippen molar-refractivity contribution in [3.05, 3.63) is 42.5 Å². The van der Waals surface area contributed by atoms with Crippen LogP contribution in [-0.4, -0.2) is 20.6 Å². The van der Waals surface area contributed by atoms with Crippen LogP contribution in [0.1, 0.15) is 10.4 Å². The summed E-state index contributed by atoms with van der Waals surface area (Å²) in [4.78, 5) is 14.7. The number of aromatic carboxylic acids is 1. The molecular formula is C10H9N3O2. The highest BCUT2D eigenvalue weighted by Crippen LogP contribution is 2.21. The van der Waals surface area contributed by atoms with Crippen molar-refractivity contribution in [3.63, 3.8) is 0 Å². The third-order valence-electron chi connectivity index (χ3n) is 2.10. The number of carbonyl (C=O) groups is 1. The van der Waals surface area contributed by atoms with Crippen molar-refractivity contribution in [3.8, 4) is 5.69 Å². The van der Waals surface area contributed by atoms with Crippen molar-refractivity contribution < 1.29 is 9.90 Å². The number of rotatable bonds is 2. The number of hydrogen-bond donors (Lipinski definition) is 2. The van der Waals surface area contributed by atoms with Gasteiger partial charge in [0.1, 0.15) is 0 Å². The van der Waals surface area contributed by atoms with Crippen molar-refractivity contribution in [2.75, 3.05) is 5.73 Å². The summed E-state index contributed by atoms with van der Waals surface area (Å²) < 4.78 is 1.67. The zero-order valence-corrected chi connectivity index (χ0v) is 7.79. The molecule has 0 aliphatic carbocycles. The van der Waals surface area contributed by atoms with E-state index in [2.05, 4.69) is 4.98 Å². The Morgan fingerprint density at radius 2 is 2.27 bits per heavy atom. The summed E-state index contributed by atoms with van der Waals surface area (Å²) in [6, 6.07) is 4.86. The van der Waals surface area contributed by atoms with Gasteiger partial charge in [-0.15, -0.1) is 0 Å². The molecule has 0 spiro atoms. The first-order valence-corrected chi connectivity index (χ1v) is 4.30. The predicted molar refractivity (Wildman–Crippen MR) is 54.9 cm³/mol. The van der Waals surface area contributed by atoms with E-state index in [1.165, 1.54) is 6.07 Å². The highest BCUT2D eigenvalue weighted by molar-refractivity contribution is 5.95. The Hall–Kier alpha value is -2.30. The third-order valence-corrected chi connectivity index (χ3v) is 2.10. The standard InChI is InChI=1S/C10H9N3O2/c11-9-7(10(14)15)2-1-3-8(9)13-5-4-12-6-13/h1-6H,11H2,(H,14,15). The van der Waals surface area contributed by atoms with E-state index in [1.54, 1.807) is 35.4 Å². The van der Waals surface area contributed by atoms with Gasteiger partial charge in [-0.05, 0) is 12.1 Å². The fraction of sp³-hybridized carbons (Fsp3) is 0. The van der Waals surface area contributed by atoms with E-state index >= 15 is 0 Å². The van der Waals surface area contributed by atoms with Crippen LogP contribution in [-0.2, 0) is 0 Å². The second kappa shape index (κ2) is 3.45. The maximum Gasteiger partial charge on any atom is 0.337 e. The van der Waals surface area contributed by atoms with Crippen molar-refractivity contribution in [2.24, 2.45) is 0 Å². The first-order valence-electron chi connectivity index (χ1n) is 4.30. The zero-order valence-electron chi connectivity index (χ0n) is 7.79. The number of carboxylic acids is 1. The van der Waals surface area contributed by atoms with Crippen LogP contribution in [0.2, 0.25) is 0 Å². The van der Waals surface area contributed by atoms with E-state index in [1.807, 2.05) is 0 Å². The van der Waals surface area contributed by atoms with Gasteiger partial charge >= 0.3 is 5.97 Å². The third kappa shape index (κ3) is 1.54. The predicted octanol–water partition coefficient (Wildman–Crippen LogP) is 1.15. The molecule has 1 aromatic heterocycles. The number of aromatic nitrogens is 2. The van der Waals surface area contributed by atoms with Gasteiger partial charge in [-0.1, -0.05) is 6.07 Å². The number of carboxylic acid groups (broad SMARTS) is 1. The van der Waals surface area contributed by atoms with E-state index in [-0.39, 0.29) is 11.3 Å². The lowest BCUT2D eigenvalue weighted by molar-refractivity contribution is 0.0698. The Labute approximate surface area is 85.8 Å². The van der Waals surface area contributed by atoms with Crippen LogP contribution >= 0.6 is 0 Å². The Kier molecular flexibility index (Phi) is 2.13. The minimum atomic E-state index is -1.03. The van der Waals surface area contributed by atoms with Crippen LogP contribution in [0, 0.1) is 0 Å². The molecule has 0 aliphatic heterocycles. The quantitative estimate of drug-likeness (QED) is 0.717. The number of nitrogens with two attached hydrogens (primary N) is 1. The highest BCUT2D eigenvalue weighted by atomic mass is 16.4. The topological polar surface area (TPSA) is 81.1 Å². The summed E-state index contributed by atoms with van der Waals surface area (Å²) in [5.74, 6) is -1.03. The number of benzene rings is 1. The molecule has 5 heteroatoms. The first kappa shape index (κ1) is 9.26. The molecular weight excluding hydrogens is 194 g/mol. The smallest absolute Gasteiger partial charge is 0.337 e.